The molecule has 1 aliphatic rings. The SMILES string of the molecule is C[C@@H]1O[C@H]([C@H](O)c2ccc3ncn(C(F)F)c3c2)[C@@H](O)[C@H]1O. The van der Waals surface area contributed by atoms with Crippen molar-refractivity contribution in [3.8, 4) is 0 Å². The number of alkyl halides is 2. The zero-order valence-electron chi connectivity index (χ0n) is 11.7. The summed E-state index contributed by atoms with van der Waals surface area (Å²) in [5, 5.41) is 29.9. The highest BCUT2D eigenvalue weighted by Gasteiger charge is 2.44. The van der Waals surface area contributed by atoms with E-state index in [9.17, 15) is 24.1 Å². The molecule has 3 rings (SSSR count). The van der Waals surface area contributed by atoms with Crippen molar-refractivity contribution < 1.29 is 28.8 Å². The van der Waals surface area contributed by atoms with E-state index in [0.717, 1.165) is 6.33 Å². The number of nitrogens with zero attached hydrogens (tertiary/aromatic N) is 2. The Morgan fingerprint density at radius 3 is 2.59 bits per heavy atom. The van der Waals surface area contributed by atoms with Gasteiger partial charge in [-0.15, -0.1) is 0 Å². The molecule has 6 nitrogen and oxygen atoms in total. The van der Waals surface area contributed by atoms with Crippen molar-refractivity contribution in [1.29, 1.82) is 0 Å². The third kappa shape index (κ3) is 2.38. The van der Waals surface area contributed by atoms with Crippen LogP contribution < -0.4 is 0 Å². The van der Waals surface area contributed by atoms with Gasteiger partial charge in [0.1, 0.15) is 30.7 Å². The monoisotopic (exact) mass is 314 g/mol. The number of benzene rings is 1. The highest BCUT2D eigenvalue weighted by molar-refractivity contribution is 5.76. The molecule has 1 aromatic heterocycles. The van der Waals surface area contributed by atoms with Crippen molar-refractivity contribution in [3.05, 3.63) is 30.1 Å². The molecular formula is C14H16F2N2O4. The minimum atomic E-state index is -2.74. The third-order valence-electron chi connectivity index (χ3n) is 4.00. The highest BCUT2D eigenvalue weighted by atomic mass is 19.3. The maximum atomic E-state index is 12.9. The molecule has 22 heavy (non-hydrogen) atoms. The van der Waals surface area contributed by atoms with Crippen molar-refractivity contribution in [2.45, 2.75) is 44.0 Å². The molecule has 0 unspecified atom stereocenters. The van der Waals surface area contributed by atoms with Crippen LogP contribution in [0.15, 0.2) is 24.5 Å². The van der Waals surface area contributed by atoms with Crippen LogP contribution in [0.25, 0.3) is 11.0 Å². The van der Waals surface area contributed by atoms with Crippen molar-refractivity contribution in [2.24, 2.45) is 0 Å². The van der Waals surface area contributed by atoms with Crippen molar-refractivity contribution >= 4 is 11.0 Å². The molecule has 1 saturated heterocycles. The van der Waals surface area contributed by atoms with Gasteiger partial charge in [0.05, 0.1) is 17.1 Å². The van der Waals surface area contributed by atoms with Crippen LogP contribution in [0.5, 0.6) is 0 Å². The van der Waals surface area contributed by atoms with Crippen LogP contribution in [0, 0.1) is 0 Å². The van der Waals surface area contributed by atoms with E-state index in [1.54, 1.807) is 6.92 Å². The first-order valence-electron chi connectivity index (χ1n) is 6.84. The average Bonchev–Trinajstić information content (AvgIpc) is 3.02. The summed E-state index contributed by atoms with van der Waals surface area (Å²) < 4.78 is 31.8. The number of hydrogen-bond donors (Lipinski definition) is 3. The predicted octanol–water partition coefficient (Wildman–Crippen LogP) is 0.974. The van der Waals surface area contributed by atoms with Gasteiger partial charge in [-0.05, 0) is 24.6 Å². The second kappa shape index (κ2) is 5.54. The smallest absolute Gasteiger partial charge is 0.320 e. The van der Waals surface area contributed by atoms with Crippen LogP contribution in [-0.2, 0) is 4.74 Å². The molecule has 1 fully saturated rings. The molecule has 5 atom stereocenters. The minimum Gasteiger partial charge on any atom is -0.388 e. The summed E-state index contributed by atoms with van der Waals surface area (Å²) in [7, 11) is 0. The van der Waals surface area contributed by atoms with Gasteiger partial charge in [-0.25, -0.2) is 4.98 Å². The van der Waals surface area contributed by atoms with Crippen LogP contribution in [0.1, 0.15) is 25.1 Å². The maximum Gasteiger partial charge on any atom is 0.320 e. The number of imidazole rings is 1. The molecule has 1 aromatic carbocycles. The lowest BCUT2D eigenvalue weighted by atomic mass is 9.98. The van der Waals surface area contributed by atoms with Gasteiger partial charge in [0.2, 0.25) is 0 Å². The Labute approximate surface area is 124 Å². The van der Waals surface area contributed by atoms with E-state index in [1.807, 2.05) is 0 Å². The number of ether oxygens (including phenoxy) is 1. The van der Waals surface area contributed by atoms with E-state index in [4.69, 9.17) is 4.74 Å². The molecule has 3 N–H and O–H groups in total. The Morgan fingerprint density at radius 1 is 1.27 bits per heavy atom. The number of fused-ring (bicyclic) bond motifs is 1. The Balaban J connectivity index is 1.94. The molecule has 2 aromatic rings. The predicted molar refractivity (Wildman–Crippen MR) is 72.3 cm³/mol. The van der Waals surface area contributed by atoms with Gasteiger partial charge in [-0.3, -0.25) is 4.57 Å². The molecule has 120 valence electrons. The summed E-state index contributed by atoms with van der Waals surface area (Å²) in [5.41, 5.74) is 0.852. The normalized spacial score (nSPS) is 30.3. The molecule has 2 heterocycles. The molecular weight excluding hydrogens is 298 g/mol. The highest BCUT2D eigenvalue weighted by Crippen LogP contribution is 2.32. The van der Waals surface area contributed by atoms with Gasteiger partial charge in [-0.2, -0.15) is 8.78 Å². The van der Waals surface area contributed by atoms with Gasteiger partial charge >= 0.3 is 6.55 Å². The van der Waals surface area contributed by atoms with Crippen molar-refractivity contribution in [3.63, 3.8) is 0 Å². The van der Waals surface area contributed by atoms with E-state index < -0.39 is 37.1 Å². The van der Waals surface area contributed by atoms with Gasteiger partial charge in [0.15, 0.2) is 0 Å². The van der Waals surface area contributed by atoms with Crippen LogP contribution in [-0.4, -0.2) is 49.3 Å². The molecule has 0 aliphatic carbocycles. The second-order valence-electron chi connectivity index (χ2n) is 5.41. The van der Waals surface area contributed by atoms with E-state index in [1.165, 1.54) is 18.2 Å². The first-order chi connectivity index (χ1) is 10.4. The van der Waals surface area contributed by atoms with Crippen LogP contribution in [0.3, 0.4) is 0 Å². The van der Waals surface area contributed by atoms with E-state index in [0.29, 0.717) is 15.6 Å². The molecule has 0 spiro atoms. The number of aliphatic hydroxyl groups excluding tert-OH is 3. The third-order valence-corrected chi connectivity index (χ3v) is 4.00. The summed E-state index contributed by atoms with van der Waals surface area (Å²) in [6.45, 7) is -1.16. The van der Waals surface area contributed by atoms with E-state index in [-0.39, 0.29) is 5.52 Å². The zero-order chi connectivity index (χ0) is 16.0. The molecule has 1 aliphatic heterocycles. The van der Waals surface area contributed by atoms with Gasteiger partial charge in [0, 0.05) is 0 Å². The maximum absolute atomic E-state index is 12.9. The molecule has 0 amide bonds. The standard InChI is InChI=1S/C14H16F2N2O4/c1-6-10(19)12(21)13(22-6)11(20)7-2-3-8-9(4-7)18(5-17-8)14(15)16/h2-6,10-14,19-21H,1H3/t6-,10-,11+,12-,13+/m0/s1. The first kappa shape index (κ1) is 15.3. The van der Waals surface area contributed by atoms with Crippen molar-refractivity contribution in [1.82, 2.24) is 9.55 Å². The largest absolute Gasteiger partial charge is 0.388 e. The Morgan fingerprint density at radius 2 is 2.00 bits per heavy atom. The van der Waals surface area contributed by atoms with E-state index in [2.05, 4.69) is 4.98 Å². The van der Waals surface area contributed by atoms with Gasteiger partial charge in [-0.1, -0.05) is 6.07 Å². The molecule has 0 saturated carbocycles. The number of aliphatic hydroxyl groups is 3. The quantitative estimate of drug-likeness (QED) is 0.786. The second-order valence-corrected chi connectivity index (χ2v) is 5.41. The minimum absolute atomic E-state index is 0.174. The Hall–Kier alpha value is -1.61. The summed E-state index contributed by atoms with van der Waals surface area (Å²) in [6, 6.07) is 4.42. The number of rotatable bonds is 3. The topological polar surface area (TPSA) is 87.7 Å². The fraction of sp³-hybridized carbons (Fsp3) is 0.500. The van der Waals surface area contributed by atoms with Crippen LogP contribution in [0.2, 0.25) is 0 Å². The molecule has 0 bridgehead atoms. The fourth-order valence-electron chi connectivity index (χ4n) is 2.71. The molecule has 8 heteroatoms. The van der Waals surface area contributed by atoms with Crippen molar-refractivity contribution in [2.75, 3.05) is 0 Å². The first-order valence-corrected chi connectivity index (χ1v) is 6.84. The summed E-state index contributed by atoms with van der Waals surface area (Å²) in [4.78, 5) is 3.86. The fourth-order valence-corrected chi connectivity index (χ4v) is 2.71. The lowest BCUT2D eigenvalue weighted by Gasteiger charge is -2.21. The average molecular weight is 314 g/mol. The summed E-state index contributed by atoms with van der Waals surface area (Å²) >= 11 is 0. The van der Waals surface area contributed by atoms with Gasteiger partial charge < -0.3 is 20.1 Å². The van der Waals surface area contributed by atoms with E-state index >= 15 is 0 Å². The Kier molecular flexibility index (Phi) is 3.85. The number of hydrogen-bond acceptors (Lipinski definition) is 5. The summed E-state index contributed by atoms with van der Waals surface area (Å²) in [5.74, 6) is 0. The Bertz CT molecular complexity index is 678. The summed E-state index contributed by atoms with van der Waals surface area (Å²) in [6.07, 6.45) is -4.22. The van der Waals surface area contributed by atoms with Gasteiger partial charge in [0.25, 0.3) is 0 Å². The van der Waals surface area contributed by atoms with Crippen LogP contribution >= 0.6 is 0 Å². The number of aromatic nitrogens is 2. The lowest BCUT2D eigenvalue weighted by Crippen LogP contribution is -2.34. The zero-order valence-corrected chi connectivity index (χ0v) is 11.7. The molecule has 0 radical (unpaired) electrons. The van der Waals surface area contributed by atoms with Crippen LogP contribution in [0.4, 0.5) is 8.78 Å². The lowest BCUT2D eigenvalue weighted by molar-refractivity contribution is -0.0635. The number of halogens is 2.